The number of urea groups is 1. The molecule has 1 N–H and O–H groups in total. The Hall–Kier alpha value is -2.00. The summed E-state index contributed by atoms with van der Waals surface area (Å²) in [6, 6.07) is 8.35. The summed E-state index contributed by atoms with van der Waals surface area (Å²) in [6.45, 7) is 2.89. The predicted octanol–water partition coefficient (Wildman–Crippen LogP) is 3.90. The molecule has 10 heteroatoms. The van der Waals surface area contributed by atoms with Gasteiger partial charge in [0.15, 0.2) is 0 Å². The van der Waals surface area contributed by atoms with Crippen LogP contribution in [-0.2, 0) is 16.6 Å². The standard InChI is InChI=1S/C19H20Cl2N2O5S/c1-19(2,25)11-28-12-7-8-17-16(9-12)22(3)18(24)23(29(17,26)27)10-13-14(20)5-4-6-15(13)21/h4-9,25H,10-11H2,1-3H3. The fraction of sp³-hybridized carbons (Fsp3) is 0.316. The molecular weight excluding hydrogens is 439 g/mol. The van der Waals surface area contributed by atoms with Gasteiger partial charge in [0.2, 0.25) is 0 Å². The average molecular weight is 459 g/mol. The molecule has 0 aliphatic carbocycles. The van der Waals surface area contributed by atoms with Gasteiger partial charge in [0.05, 0.1) is 17.8 Å². The van der Waals surface area contributed by atoms with Crippen molar-refractivity contribution >= 4 is 44.9 Å². The van der Waals surface area contributed by atoms with E-state index in [4.69, 9.17) is 27.9 Å². The van der Waals surface area contributed by atoms with E-state index in [2.05, 4.69) is 0 Å². The fourth-order valence-corrected chi connectivity index (χ4v) is 4.88. The Morgan fingerprint density at radius 2 is 1.76 bits per heavy atom. The van der Waals surface area contributed by atoms with Crippen LogP contribution >= 0.6 is 23.2 Å². The predicted molar refractivity (Wildman–Crippen MR) is 111 cm³/mol. The zero-order valence-corrected chi connectivity index (χ0v) is 18.3. The molecule has 1 aliphatic rings. The summed E-state index contributed by atoms with van der Waals surface area (Å²) >= 11 is 12.3. The Bertz CT molecular complexity index is 1050. The van der Waals surface area contributed by atoms with Crippen LogP contribution in [0.5, 0.6) is 5.75 Å². The summed E-state index contributed by atoms with van der Waals surface area (Å²) in [5.74, 6) is 0.336. The molecular formula is C19H20Cl2N2O5S. The smallest absolute Gasteiger partial charge is 0.338 e. The van der Waals surface area contributed by atoms with Crippen molar-refractivity contribution in [2.24, 2.45) is 0 Å². The Labute approximate surface area is 179 Å². The quantitative estimate of drug-likeness (QED) is 0.733. The second-order valence-electron chi connectivity index (χ2n) is 7.28. The molecule has 0 atom stereocenters. The minimum Gasteiger partial charge on any atom is -0.491 e. The first kappa shape index (κ1) is 21.7. The maximum Gasteiger partial charge on any atom is 0.338 e. The summed E-state index contributed by atoms with van der Waals surface area (Å²) in [4.78, 5) is 14.0. The molecule has 29 heavy (non-hydrogen) atoms. The number of halogens is 2. The lowest BCUT2D eigenvalue weighted by Gasteiger charge is -2.34. The lowest BCUT2D eigenvalue weighted by atomic mass is 10.2. The van der Waals surface area contributed by atoms with Crippen LogP contribution in [0.4, 0.5) is 10.5 Å². The van der Waals surface area contributed by atoms with E-state index in [-0.39, 0.29) is 33.8 Å². The highest BCUT2D eigenvalue weighted by atomic mass is 35.5. The molecule has 1 aliphatic heterocycles. The van der Waals surface area contributed by atoms with E-state index in [0.29, 0.717) is 11.3 Å². The minimum absolute atomic E-state index is 0.00727. The van der Waals surface area contributed by atoms with Gasteiger partial charge in [-0.15, -0.1) is 0 Å². The van der Waals surface area contributed by atoms with Crippen LogP contribution in [-0.4, -0.2) is 43.1 Å². The molecule has 2 aromatic carbocycles. The van der Waals surface area contributed by atoms with Gasteiger partial charge in [-0.1, -0.05) is 29.3 Å². The number of hydrogen-bond acceptors (Lipinski definition) is 5. The zero-order chi connectivity index (χ0) is 21.6. The number of hydrogen-bond donors (Lipinski definition) is 1. The molecule has 2 amide bonds. The van der Waals surface area contributed by atoms with E-state index in [0.717, 1.165) is 4.31 Å². The van der Waals surface area contributed by atoms with Gasteiger partial charge >= 0.3 is 6.03 Å². The zero-order valence-electron chi connectivity index (χ0n) is 16.0. The second-order valence-corrected chi connectivity index (χ2v) is 9.93. The van der Waals surface area contributed by atoms with E-state index in [9.17, 15) is 18.3 Å². The van der Waals surface area contributed by atoms with Crippen molar-refractivity contribution in [2.45, 2.75) is 30.9 Å². The van der Waals surface area contributed by atoms with Gasteiger partial charge < -0.3 is 9.84 Å². The van der Waals surface area contributed by atoms with Gasteiger partial charge in [0.1, 0.15) is 17.3 Å². The minimum atomic E-state index is -4.14. The second kappa shape index (κ2) is 7.68. The first-order valence-electron chi connectivity index (χ1n) is 8.64. The lowest BCUT2D eigenvalue weighted by molar-refractivity contribution is 0.0285. The number of carbonyl (C=O) groups is 1. The van der Waals surface area contributed by atoms with Crippen LogP contribution in [0.25, 0.3) is 0 Å². The number of benzene rings is 2. The number of fused-ring (bicyclic) bond motifs is 1. The van der Waals surface area contributed by atoms with Gasteiger partial charge in [0, 0.05) is 28.7 Å². The molecule has 0 radical (unpaired) electrons. The first-order valence-corrected chi connectivity index (χ1v) is 10.8. The maximum atomic E-state index is 13.1. The molecule has 3 rings (SSSR count). The Morgan fingerprint density at radius 3 is 2.34 bits per heavy atom. The average Bonchev–Trinajstić information content (AvgIpc) is 2.63. The molecule has 0 fully saturated rings. The highest BCUT2D eigenvalue weighted by molar-refractivity contribution is 7.90. The number of sulfonamides is 1. The largest absolute Gasteiger partial charge is 0.491 e. The van der Waals surface area contributed by atoms with Crippen molar-refractivity contribution in [1.29, 1.82) is 0 Å². The normalized spacial score (nSPS) is 16.0. The summed E-state index contributed by atoms with van der Waals surface area (Å²) in [7, 11) is -2.67. The monoisotopic (exact) mass is 458 g/mol. The molecule has 2 aromatic rings. The molecule has 7 nitrogen and oxygen atoms in total. The number of ether oxygens (including phenoxy) is 1. The number of amides is 2. The number of nitrogens with zero attached hydrogens (tertiary/aromatic N) is 2. The number of rotatable bonds is 5. The van der Waals surface area contributed by atoms with Gasteiger partial charge in [-0.2, -0.15) is 0 Å². The van der Waals surface area contributed by atoms with Gasteiger partial charge in [-0.3, -0.25) is 4.90 Å². The fourth-order valence-electron chi connectivity index (χ4n) is 2.80. The van der Waals surface area contributed by atoms with Crippen LogP contribution in [0.2, 0.25) is 10.0 Å². The highest BCUT2D eigenvalue weighted by Gasteiger charge is 2.40. The van der Waals surface area contributed by atoms with Crippen LogP contribution in [0.15, 0.2) is 41.3 Å². The summed E-state index contributed by atoms with van der Waals surface area (Å²) in [5, 5.41) is 10.3. The number of anilines is 1. The first-order chi connectivity index (χ1) is 13.4. The molecule has 1 heterocycles. The van der Waals surface area contributed by atoms with Crippen LogP contribution in [0.1, 0.15) is 19.4 Å². The van der Waals surface area contributed by atoms with Crippen molar-refractivity contribution in [3.8, 4) is 5.75 Å². The van der Waals surface area contributed by atoms with E-state index >= 15 is 0 Å². The molecule has 0 saturated heterocycles. The molecule has 0 unspecified atom stereocenters. The third-order valence-corrected chi connectivity index (χ3v) is 6.79. The van der Waals surface area contributed by atoms with E-state index < -0.39 is 21.7 Å². The van der Waals surface area contributed by atoms with Gasteiger partial charge in [0.25, 0.3) is 10.0 Å². The van der Waals surface area contributed by atoms with Crippen molar-refractivity contribution < 1.29 is 23.1 Å². The SMILES string of the molecule is CN1C(=O)N(Cc2c(Cl)cccc2Cl)S(=O)(=O)c2ccc(OCC(C)(C)O)cc21. The Kier molecular flexibility index (Phi) is 5.75. The Balaban J connectivity index is 1.99. The molecule has 156 valence electrons. The summed E-state index contributed by atoms with van der Waals surface area (Å²) in [6.07, 6.45) is 0. The molecule has 0 saturated carbocycles. The number of carbonyl (C=O) groups excluding carboxylic acids is 1. The topological polar surface area (TPSA) is 87.2 Å². The molecule has 0 aromatic heterocycles. The Morgan fingerprint density at radius 1 is 1.14 bits per heavy atom. The van der Waals surface area contributed by atoms with Crippen LogP contribution < -0.4 is 9.64 Å². The number of aliphatic hydroxyl groups is 1. The molecule has 0 bridgehead atoms. The lowest BCUT2D eigenvalue weighted by Crippen LogP contribution is -2.48. The highest BCUT2D eigenvalue weighted by Crippen LogP contribution is 2.38. The van der Waals surface area contributed by atoms with Crippen LogP contribution in [0.3, 0.4) is 0 Å². The van der Waals surface area contributed by atoms with Gasteiger partial charge in [-0.25, -0.2) is 17.5 Å². The van der Waals surface area contributed by atoms with Crippen molar-refractivity contribution in [1.82, 2.24) is 4.31 Å². The third kappa shape index (κ3) is 4.30. The van der Waals surface area contributed by atoms with E-state index in [1.54, 1.807) is 32.0 Å². The van der Waals surface area contributed by atoms with Crippen molar-refractivity contribution in [3.05, 3.63) is 52.0 Å². The van der Waals surface area contributed by atoms with Gasteiger partial charge in [-0.05, 0) is 38.1 Å². The van der Waals surface area contributed by atoms with Crippen LogP contribution in [0, 0.1) is 0 Å². The summed E-state index contributed by atoms with van der Waals surface area (Å²) in [5.41, 5.74) is -0.533. The van der Waals surface area contributed by atoms with Crippen molar-refractivity contribution in [2.75, 3.05) is 18.6 Å². The maximum absolute atomic E-state index is 13.1. The third-order valence-electron chi connectivity index (χ3n) is 4.32. The van der Waals surface area contributed by atoms with E-state index in [1.807, 2.05) is 0 Å². The van der Waals surface area contributed by atoms with E-state index in [1.165, 1.54) is 30.1 Å². The molecule has 0 spiro atoms. The summed E-state index contributed by atoms with van der Waals surface area (Å²) < 4.78 is 32.5. The van der Waals surface area contributed by atoms with Crippen molar-refractivity contribution in [3.63, 3.8) is 0 Å².